The van der Waals surface area contributed by atoms with Gasteiger partial charge >= 0.3 is 0 Å². The summed E-state index contributed by atoms with van der Waals surface area (Å²) in [4.78, 5) is 14.2. The summed E-state index contributed by atoms with van der Waals surface area (Å²) >= 11 is 0. The lowest BCUT2D eigenvalue weighted by Gasteiger charge is -2.48. The van der Waals surface area contributed by atoms with Crippen LogP contribution in [0.15, 0.2) is 85.2 Å². The molecular weight excluding hydrogens is 650 g/mol. The number of nitrogens with one attached hydrogen (secondary N) is 1. The molecule has 2 saturated heterocycles. The number of methoxy groups -OCH3 is 1. The van der Waals surface area contributed by atoms with Crippen LogP contribution < -0.4 is 5.32 Å². The average molecular weight is 687 g/mol. The van der Waals surface area contributed by atoms with Gasteiger partial charge in [0.05, 0.1) is 48.1 Å². The Bertz CT molecular complexity index is 1970. The van der Waals surface area contributed by atoms with E-state index in [1.807, 2.05) is 30.3 Å². The molecule has 0 spiro atoms. The Morgan fingerprint density at radius 3 is 2.70 bits per heavy atom. The first-order valence-electron chi connectivity index (χ1n) is 16.7. The molecule has 2 N–H and O–H groups in total. The molecule has 1 unspecified atom stereocenters. The maximum atomic E-state index is 14.4. The first-order valence-corrected chi connectivity index (χ1v) is 16.7. The third-order valence-corrected chi connectivity index (χ3v) is 9.94. The van der Waals surface area contributed by atoms with Crippen molar-refractivity contribution in [3.63, 3.8) is 0 Å². The van der Waals surface area contributed by atoms with Crippen LogP contribution in [0, 0.1) is 11.6 Å². The third kappa shape index (κ3) is 5.96. The van der Waals surface area contributed by atoms with Crippen LogP contribution >= 0.6 is 0 Å². The van der Waals surface area contributed by atoms with Gasteiger partial charge in [-0.1, -0.05) is 53.7 Å². The van der Waals surface area contributed by atoms with Crippen molar-refractivity contribution in [2.45, 2.75) is 74.2 Å². The van der Waals surface area contributed by atoms with Crippen LogP contribution in [-0.4, -0.2) is 86.1 Å². The number of ether oxygens (including phenoxy) is 4. The van der Waals surface area contributed by atoms with Crippen LogP contribution in [0.1, 0.15) is 43.2 Å². The Balaban J connectivity index is 1.08. The summed E-state index contributed by atoms with van der Waals surface area (Å²) in [6.07, 6.45) is -0.221. The van der Waals surface area contributed by atoms with Crippen LogP contribution in [0.2, 0.25) is 0 Å². The number of hydrogen-bond acceptors (Lipinski definition) is 9. The molecule has 1 saturated carbocycles. The highest BCUT2D eigenvalue weighted by Gasteiger charge is 2.54. The number of fused-ring (bicyclic) bond motifs is 2. The highest BCUT2D eigenvalue weighted by molar-refractivity contribution is 5.82. The smallest absolute Gasteiger partial charge is 0.252 e. The zero-order chi connectivity index (χ0) is 34.4. The van der Waals surface area contributed by atoms with E-state index >= 15 is 0 Å². The Labute approximate surface area is 285 Å². The molecule has 3 fully saturated rings. The summed E-state index contributed by atoms with van der Waals surface area (Å²) < 4.78 is 56.8. The summed E-state index contributed by atoms with van der Waals surface area (Å²) in [6.45, 7) is 0.115. The summed E-state index contributed by atoms with van der Waals surface area (Å²) in [5.41, 5.74) is 2.34. The first-order chi connectivity index (χ1) is 24.4. The van der Waals surface area contributed by atoms with Gasteiger partial charge in [0.1, 0.15) is 41.7 Å². The van der Waals surface area contributed by atoms with Gasteiger partial charge in [-0.25, -0.2) is 13.5 Å². The van der Waals surface area contributed by atoms with Crippen LogP contribution in [0.25, 0.3) is 22.2 Å². The van der Waals surface area contributed by atoms with Crippen LogP contribution in [0.3, 0.4) is 0 Å². The van der Waals surface area contributed by atoms with Gasteiger partial charge in [0.25, 0.3) is 5.91 Å². The number of carbonyl (C=O) groups is 1. The standard InChI is InChI=1S/C36H36F2N6O6/c1-47-33-30(43-18-26(41-42-43)21-10-5-11-22(37)16-21)32-29(19-48-36(50-32)20-8-3-2-4-9-20)49-34(33)35(46)40-25-13-7-15-28(31(25)45)44-27-14-6-12-24(38)23(27)17-39-44/h2-6,8-12,14,16-18,25,28-34,36,45H,7,13,15,19H2,1H3,(H,40,46)/t25-,28+,29-,30+,31+,32+,33-,34-,36?/m1/s1. The van der Waals surface area contributed by atoms with Gasteiger partial charge in [-0.15, -0.1) is 5.10 Å². The number of nitrogens with zero attached hydrogens (tertiary/aromatic N) is 5. The van der Waals surface area contributed by atoms with E-state index in [4.69, 9.17) is 18.9 Å². The van der Waals surface area contributed by atoms with Gasteiger partial charge in [0, 0.05) is 18.2 Å². The highest BCUT2D eigenvalue weighted by Crippen LogP contribution is 2.41. The highest BCUT2D eigenvalue weighted by atomic mass is 19.1. The number of aliphatic hydroxyl groups is 1. The molecule has 9 atom stereocenters. The minimum absolute atomic E-state index is 0.115. The number of carbonyl (C=O) groups excluding carboxylic acids is 1. The summed E-state index contributed by atoms with van der Waals surface area (Å²) in [7, 11) is 1.48. The van der Waals surface area contributed by atoms with E-state index in [0.29, 0.717) is 41.4 Å². The number of aliphatic hydroxyl groups excluding tert-OH is 1. The zero-order valence-corrected chi connectivity index (χ0v) is 27.1. The second-order valence-electron chi connectivity index (χ2n) is 12.9. The van der Waals surface area contributed by atoms with E-state index in [0.717, 1.165) is 5.56 Å². The Morgan fingerprint density at radius 2 is 1.88 bits per heavy atom. The van der Waals surface area contributed by atoms with Gasteiger partial charge < -0.3 is 29.4 Å². The van der Waals surface area contributed by atoms with Gasteiger partial charge in [0.2, 0.25) is 0 Å². The number of rotatable bonds is 7. The van der Waals surface area contributed by atoms with Gasteiger partial charge in [-0.3, -0.25) is 9.48 Å². The minimum atomic E-state index is -1.15. The molecule has 2 aromatic heterocycles. The molecule has 4 heterocycles. The molecule has 12 nitrogen and oxygen atoms in total. The summed E-state index contributed by atoms with van der Waals surface area (Å²) in [5.74, 6) is -1.29. The van der Waals surface area contributed by atoms with E-state index < -0.39 is 72.5 Å². The topological polar surface area (TPSA) is 135 Å². The Kier molecular flexibility index (Phi) is 8.87. The van der Waals surface area contributed by atoms with E-state index in [9.17, 15) is 18.7 Å². The predicted octanol–water partition coefficient (Wildman–Crippen LogP) is 4.28. The molecule has 8 rings (SSSR count). The maximum Gasteiger partial charge on any atom is 0.252 e. The fraction of sp³-hybridized carbons (Fsp3) is 0.389. The van der Waals surface area contributed by atoms with Crippen LogP contribution in [0.5, 0.6) is 0 Å². The van der Waals surface area contributed by atoms with Crippen molar-refractivity contribution < 1.29 is 37.6 Å². The molecule has 3 aliphatic rings. The molecular formula is C36H36F2N6O6. The minimum Gasteiger partial charge on any atom is -0.389 e. The predicted molar refractivity (Wildman–Crippen MR) is 174 cm³/mol. The molecule has 0 bridgehead atoms. The van der Waals surface area contributed by atoms with Gasteiger partial charge in [-0.05, 0) is 43.5 Å². The fourth-order valence-electron chi connectivity index (χ4n) is 7.50. The zero-order valence-electron chi connectivity index (χ0n) is 27.1. The van der Waals surface area contributed by atoms with Crippen molar-refractivity contribution in [3.05, 3.63) is 102 Å². The number of aromatic nitrogens is 5. The molecule has 260 valence electrons. The molecule has 3 aromatic carbocycles. The normalized spacial score (nSPS) is 29.8. The largest absolute Gasteiger partial charge is 0.389 e. The number of benzene rings is 3. The molecule has 14 heteroatoms. The average Bonchev–Trinajstić information content (AvgIpc) is 3.81. The first kappa shape index (κ1) is 32.6. The SMILES string of the molecule is CO[C@@H]1[C@@H](n2cc(-c3cccc(F)c3)nn2)[C@H]2OC(c3ccccc3)OC[C@H]2O[C@H]1C(=O)N[C@@H]1CCC[C@H](n2ncc3c(F)cccc32)[C@H]1O. The second-order valence-corrected chi connectivity index (χ2v) is 12.9. The van der Waals surface area contributed by atoms with Gasteiger partial charge in [-0.2, -0.15) is 5.10 Å². The van der Waals surface area contributed by atoms with Crippen molar-refractivity contribution in [2.24, 2.45) is 0 Å². The molecule has 5 aromatic rings. The van der Waals surface area contributed by atoms with E-state index in [1.54, 1.807) is 39.8 Å². The lowest BCUT2D eigenvalue weighted by atomic mass is 9.87. The van der Waals surface area contributed by atoms with E-state index in [-0.39, 0.29) is 6.61 Å². The Hall–Kier alpha value is -4.60. The molecule has 1 amide bonds. The second kappa shape index (κ2) is 13.6. The maximum absolute atomic E-state index is 14.4. The van der Waals surface area contributed by atoms with Crippen molar-refractivity contribution in [2.75, 3.05) is 13.7 Å². The fourth-order valence-corrected chi connectivity index (χ4v) is 7.50. The van der Waals surface area contributed by atoms with Crippen molar-refractivity contribution in [3.8, 4) is 11.3 Å². The van der Waals surface area contributed by atoms with E-state index in [1.165, 1.54) is 31.5 Å². The van der Waals surface area contributed by atoms with Gasteiger partial charge in [0.15, 0.2) is 12.4 Å². The number of halogens is 2. The van der Waals surface area contributed by atoms with Crippen LogP contribution in [-0.2, 0) is 23.7 Å². The monoisotopic (exact) mass is 686 g/mol. The van der Waals surface area contributed by atoms with Crippen molar-refractivity contribution >= 4 is 16.8 Å². The van der Waals surface area contributed by atoms with E-state index in [2.05, 4.69) is 20.7 Å². The lowest BCUT2D eigenvalue weighted by molar-refractivity contribution is -0.314. The third-order valence-electron chi connectivity index (χ3n) is 9.94. The molecule has 2 aliphatic heterocycles. The number of hydrogen-bond donors (Lipinski definition) is 2. The molecule has 50 heavy (non-hydrogen) atoms. The summed E-state index contributed by atoms with van der Waals surface area (Å²) in [5, 5.41) is 28.1. The van der Waals surface area contributed by atoms with Crippen LogP contribution in [0.4, 0.5) is 8.78 Å². The number of amides is 1. The molecule has 1 aliphatic carbocycles. The lowest BCUT2D eigenvalue weighted by Crippen LogP contribution is -2.64. The van der Waals surface area contributed by atoms with Crippen molar-refractivity contribution in [1.29, 1.82) is 0 Å². The quantitative estimate of drug-likeness (QED) is 0.257. The summed E-state index contributed by atoms with van der Waals surface area (Å²) in [6, 6.07) is 18.4. The van der Waals surface area contributed by atoms with Crippen molar-refractivity contribution in [1.82, 2.24) is 30.1 Å². The molecule has 0 radical (unpaired) electrons. The Morgan fingerprint density at radius 1 is 1.04 bits per heavy atom.